The third-order valence-corrected chi connectivity index (χ3v) is 4.45. The highest BCUT2D eigenvalue weighted by atomic mass is 16.5. The predicted octanol–water partition coefficient (Wildman–Crippen LogP) is 2.16. The van der Waals surface area contributed by atoms with Crippen molar-refractivity contribution in [1.29, 1.82) is 0 Å². The van der Waals surface area contributed by atoms with Gasteiger partial charge in [0.1, 0.15) is 5.84 Å². The van der Waals surface area contributed by atoms with E-state index in [1.54, 1.807) is 12.1 Å². The number of ketones is 1. The van der Waals surface area contributed by atoms with Gasteiger partial charge in [-0.2, -0.15) is 0 Å². The summed E-state index contributed by atoms with van der Waals surface area (Å²) in [5.74, 6) is -1.32. The van der Waals surface area contributed by atoms with Crippen molar-refractivity contribution >= 4 is 29.4 Å². The summed E-state index contributed by atoms with van der Waals surface area (Å²) in [6, 6.07) is 5.46. The summed E-state index contributed by atoms with van der Waals surface area (Å²) in [4.78, 5) is 36.0. The molecule has 1 aliphatic rings. The summed E-state index contributed by atoms with van der Waals surface area (Å²) < 4.78 is 5.53. The van der Waals surface area contributed by atoms with E-state index in [9.17, 15) is 9.59 Å². The molecule has 4 N–H and O–H groups in total. The molecule has 2 aromatic rings. The average molecular weight is 409 g/mol. The minimum atomic E-state index is -1.19. The molecular weight excluding hydrogens is 386 g/mol. The average Bonchev–Trinajstić information content (AvgIpc) is 2.90. The molecule has 0 bridgehead atoms. The number of carboxylic acids is 1. The lowest BCUT2D eigenvalue weighted by atomic mass is 10.0. The monoisotopic (exact) mass is 409 g/mol. The molecule has 2 heterocycles. The van der Waals surface area contributed by atoms with Crippen molar-refractivity contribution in [2.75, 3.05) is 13.2 Å². The van der Waals surface area contributed by atoms with E-state index in [4.69, 9.17) is 15.6 Å². The lowest BCUT2D eigenvalue weighted by Crippen LogP contribution is -2.40. The second-order valence-corrected chi connectivity index (χ2v) is 6.58. The van der Waals surface area contributed by atoms with Gasteiger partial charge in [-0.1, -0.05) is 19.1 Å². The van der Waals surface area contributed by atoms with Crippen molar-refractivity contribution in [3.8, 4) is 11.1 Å². The highest BCUT2D eigenvalue weighted by Crippen LogP contribution is 2.31. The Balaban J connectivity index is 1.95. The van der Waals surface area contributed by atoms with Gasteiger partial charge in [0.05, 0.1) is 5.69 Å². The van der Waals surface area contributed by atoms with Gasteiger partial charge in [-0.25, -0.2) is 19.8 Å². The maximum atomic E-state index is 12.9. The van der Waals surface area contributed by atoms with Crippen molar-refractivity contribution < 1.29 is 19.4 Å². The summed E-state index contributed by atoms with van der Waals surface area (Å²) in [6.45, 7) is 4.73. The summed E-state index contributed by atoms with van der Waals surface area (Å²) in [5, 5.41) is 12.0. The predicted molar refractivity (Wildman–Crippen MR) is 112 cm³/mol. The lowest BCUT2D eigenvalue weighted by Gasteiger charge is -2.17. The molecule has 0 fully saturated rings. The molecule has 0 amide bonds. The molecule has 30 heavy (non-hydrogen) atoms. The van der Waals surface area contributed by atoms with Crippen LogP contribution in [0.1, 0.15) is 36.5 Å². The number of likely N-dealkylation sites (N-methyl/N-ethyl adjacent to an activating group) is 1. The summed E-state index contributed by atoms with van der Waals surface area (Å²) in [5.41, 5.74) is 9.33. The van der Waals surface area contributed by atoms with Crippen LogP contribution in [0.4, 0.5) is 5.69 Å². The van der Waals surface area contributed by atoms with E-state index in [0.717, 1.165) is 11.1 Å². The number of aromatic carboxylic acids is 1. The SMILES string of the molecule is CCNC(OCC)C(=O)C1=Cc2ccc(-c3cnc(C(=O)O)nc3)cc2N=C(N)C1. The zero-order valence-corrected chi connectivity index (χ0v) is 16.8. The van der Waals surface area contributed by atoms with E-state index in [1.807, 2.05) is 26.0 Å². The number of Topliss-reactive ketones (excluding diaryl/α,β-unsaturated/α-hetero) is 1. The first-order valence-corrected chi connectivity index (χ1v) is 9.55. The third-order valence-electron chi connectivity index (χ3n) is 4.45. The maximum Gasteiger partial charge on any atom is 0.373 e. The molecule has 9 heteroatoms. The van der Waals surface area contributed by atoms with Crippen LogP contribution in [0.5, 0.6) is 0 Å². The van der Waals surface area contributed by atoms with Crippen molar-refractivity contribution in [2.45, 2.75) is 26.5 Å². The van der Waals surface area contributed by atoms with Gasteiger partial charge in [0.25, 0.3) is 0 Å². The largest absolute Gasteiger partial charge is 0.475 e. The second-order valence-electron chi connectivity index (χ2n) is 6.58. The molecule has 0 saturated carbocycles. The van der Waals surface area contributed by atoms with Crippen molar-refractivity contribution in [2.24, 2.45) is 10.7 Å². The number of carbonyl (C=O) groups is 2. The molecule has 1 aromatic heterocycles. The van der Waals surface area contributed by atoms with Gasteiger partial charge in [-0.3, -0.25) is 10.1 Å². The Hall–Kier alpha value is -3.43. The van der Waals surface area contributed by atoms with Gasteiger partial charge >= 0.3 is 5.97 Å². The van der Waals surface area contributed by atoms with E-state index in [0.29, 0.717) is 35.8 Å². The number of rotatable bonds is 8. The molecule has 1 unspecified atom stereocenters. The molecule has 1 atom stereocenters. The van der Waals surface area contributed by atoms with Crippen molar-refractivity contribution in [1.82, 2.24) is 15.3 Å². The number of hydrogen-bond donors (Lipinski definition) is 3. The Morgan fingerprint density at radius 3 is 2.60 bits per heavy atom. The first-order chi connectivity index (χ1) is 14.4. The first-order valence-electron chi connectivity index (χ1n) is 9.55. The molecule has 0 spiro atoms. The Morgan fingerprint density at radius 1 is 1.23 bits per heavy atom. The van der Waals surface area contributed by atoms with Gasteiger partial charge < -0.3 is 15.6 Å². The van der Waals surface area contributed by atoms with E-state index < -0.39 is 12.2 Å². The molecular formula is C21H23N5O4. The first kappa shape index (κ1) is 21.3. The van der Waals surface area contributed by atoms with Crippen LogP contribution in [0.15, 0.2) is 41.2 Å². The van der Waals surface area contributed by atoms with Crippen LogP contribution in [-0.2, 0) is 9.53 Å². The van der Waals surface area contributed by atoms with E-state index >= 15 is 0 Å². The highest BCUT2D eigenvalue weighted by molar-refractivity contribution is 6.08. The van der Waals surface area contributed by atoms with Crippen molar-refractivity contribution in [3.63, 3.8) is 0 Å². The lowest BCUT2D eigenvalue weighted by molar-refractivity contribution is -0.128. The summed E-state index contributed by atoms with van der Waals surface area (Å²) in [6.07, 6.45) is 4.14. The molecule has 1 aromatic carbocycles. The fourth-order valence-electron chi connectivity index (χ4n) is 3.06. The highest BCUT2D eigenvalue weighted by Gasteiger charge is 2.24. The number of hydrogen-bond acceptors (Lipinski definition) is 8. The van der Waals surface area contributed by atoms with E-state index in [2.05, 4.69) is 20.3 Å². The maximum absolute atomic E-state index is 12.9. The topological polar surface area (TPSA) is 140 Å². The number of nitrogens with two attached hydrogens (primary N) is 1. The summed E-state index contributed by atoms with van der Waals surface area (Å²) in [7, 11) is 0. The van der Waals surface area contributed by atoms with Gasteiger partial charge in [-0.15, -0.1) is 0 Å². The summed E-state index contributed by atoms with van der Waals surface area (Å²) >= 11 is 0. The number of fused-ring (bicyclic) bond motifs is 1. The second kappa shape index (κ2) is 9.38. The van der Waals surface area contributed by atoms with Crippen LogP contribution in [-0.4, -0.2) is 52.0 Å². The number of carboxylic acid groups (broad SMARTS) is 1. The molecule has 0 saturated heterocycles. The van der Waals surface area contributed by atoms with E-state index in [1.165, 1.54) is 12.4 Å². The molecule has 0 aliphatic carbocycles. The zero-order chi connectivity index (χ0) is 21.7. The number of amidine groups is 1. The smallest absolute Gasteiger partial charge is 0.373 e. The van der Waals surface area contributed by atoms with Gasteiger partial charge in [0.2, 0.25) is 11.6 Å². The minimum Gasteiger partial charge on any atom is -0.475 e. The molecule has 156 valence electrons. The number of nitrogens with zero attached hydrogens (tertiary/aromatic N) is 3. The van der Waals surface area contributed by atoms with Crippen molar-refractivity contribution in [3.05, 3.63) is 47.6 Å². The van der Waals surface area contributed by atoms with E-state index in [-0.39, 0.29) is 18.0 Å². The number of nitrogens with one attached hydrogen (secondary N) is 1. The van der Waals surface area contributed by atoms with Crippen LogP contribution in [0.2, 0.25) is 0 Å². The van der Waals surface area contributed by atoms with Crippen LogP contribution in [0.3, 0.4) is 0 Å². The van der Waals surface area contributed by atoms with Crippen LogP contribution >= 0.6 is 0 Å². The number of aliphatic imine (C=N–C) groups is 1. The number of aromatic nitrogens is 2. The molecule has 3 rings (SSSR count). The molecule has 9 nitrogen and oxygen atoms in total. The van der Waals surface area contributed by atoms with Crippen LogP contribution in [0, 0.1) is 0 Å². The normalized spacial score (nSPS) is 14.2. The standard InChI is InChI=1S/C21H23N5O4/c1-3-23-20(30-4-2)18(27)14-7-13-6-5-12(8-16(13)26-17(22)9-14)15-10-24-19(21(28)29)25-11-15/h5-8,10-11,20,23H,3-4,9H2,1-2H3,(H2,22,26)(H,28,29). The fourth-order valence-corrected chi connectivity index (χ4v) is 3.06. The van der Waals surface area contributed by atoms with Gasteiger partial charge in [0.15, 0.2) is 6.23 Å². The number of carbonyl (C=O) groups excluding carboxylic acids is 1. The molecule has 1 aliphatic heterocycles. The number of benzene rings is 1. The minimum absolute atomic E-state index is 0.175. The van der Waals surface area contributed by atoms with Gasteiger partial charge in [0, 0.05) is 42.1 Å². The Labute approximate surface area is 173 Å². The van der Waals surface area contributed by atoms with Crippen LogP contribution in [0.25, 0.3) is 17.2 Å². The van der Waals surface area contributed by atoms with Gasteiger partial charge in [-0.05, 0) is 31.2 Å². The Bertz CT molecular complexity index is 1010. The zero-order valence-electron chi connectivity index (χ0n) is 16.8. The quantitative estimate of drug-likeness (QED) is 0.564. The molecule has 0 radical (unpaired) electrons. The van der Waals surface area contributed by atoms with Crippen LogP contribution < -0.4 is 11.1 Å². The third kappa shape index (κ3) is 4.76. The Morgan fingerprint density at radius 2 is 1.97 bits per heavy atom. The Kier molecular flexibility index (Phi) is 6.65. The number of ether oxygens (including phenoxy) is 1. The fraction of sp³-hybridized carbons (Fsp3) is 0.286.